The summed E-state index contributed by atoms with van der Waals surface area (Å²) >= 11 is 0. The van der Waals surface area contributed by atoms with Gasteiger partial charge in [0.1, 0.15) is 11.2 Å². The average Bonchev–Trinajstić information content (AvgIpc) is 3.40. The van der Waals surface area contributed by atoms with Crippen LogP contribution in [0.1, 0.15) is 37.4 Å². The molecule has 3 aromatic rings. The first-order valence-electron chi connectivity index (χ1n) is 11.1. The Morgan fingerprint density at radius 2 is 2.12 bits per heavy atom. The molecule has 0 aliphatic carbocycles. The molecule has 0 amide bonds. The van der Waals surface area contributed by atoms with Gasteiger partial charge in [-0.2, -0.15) is 5.10 Å². The van der Waals surface area contributed by atoms with Crippen molar-refractivity contribution in [2.24, 2.45) is 5.41 Å². The zero-order valence-electron chi connectivity index (χ0n) is 18.5. The predicted molar refractivity (Wildman–Crippen MR) is 124 cm³/mol. The van der Waals surface area contributed by atoms with E-state index >= 15 is 0 Å². The Labute approximate surface area is 186 Å². The van der Waals surface area contributed by atoms with E-state index in [1.807, 2.05) is 25.2 Å². The van der Waals surface area contributed by atoms with Gasteiger partial charge in [0.05, 0.1) is 36.9 Å². The van der Waals surface area contributed by atoms with Gasteiger partial charge in [0, 0.05) is 31.9 Å². The molecular weight excluding hydrogens is 406 g/mol. The van der Waals surface area contributed by atoms with Crippen LogP contribution in [-0.4, -0.2) is 63.9 Å². The van der Waals surface area contributed by atoms with Crippen LogP contribution in [0.25, 0.3) is 16.9 Å². The lowest BCUT2D eigenvalue weighted by atomic mass is 9.77. The van der Waals surface area contributed by atoms with E-state index in [1.54, 1.807) is 10.9 Å². The third-order valence-corrected chi connectivity index (χ3v) is 6.83. The van der Waals surface area contributed by atoms with Crippen molar-refractivity contribution in [3.05, 3.63) is 35.7 Å². The third-order valence-electron chi connectivity index (χ3n) is 6.83. The maximum Gasteiger partial charge on any atom is 0.182 e. The summed E-state index contributed by atoms with van der Waals surface area (Å²) in [5, 5.41) is 25.5. The smallest absolute Gasteiger partial charge is 0.182 e. The predicted octanol–water partition coefficient (Wildman–Crippen LogP) is 2.74. The number of aromatic nitrogens is 4. The monoisotopic (exact) mass is 435 g/mol. The molecular formula is C23H29N7O2. The Morgan fingerprint density at radius 1 is 1.31 bits per heavy atom. The maximum atomic E-state index is 10.1. The molecule has 0 bridgehead atoms. The molecule has 1 atom stereocenters. The molecule has 3 N–H and O–H groups in total. The van der Waals surface area contributed by atoms with Crippen LogP contribution in [0.5, 0.6) is 0 Å². The summed E-state index contributed by atoms with van der Waals surface area (Å²) in [4.78, 5) is 11.9. The van der Waals surface area contributed by atoms with Gasteiger partial charge >= 0.3 is 0 Å². The summed E-state index contributed by atoms with van der Waals surface area (Å²) < 4.78 is 7.57. The van der Waals surface area contributed by atoms with Crippen molar-refractivity contribution in [3.8, 4) is 5.69 Å². The highest BCUT2D eigenvalue weighted by Crippen LogP contribution is 2.42. The molecule has 0 unspecified atom stereocenters. The minimum atomic E-state index is -0.190. The van der Waals surface area contributed by atoms with Crippen LogP contribution in [-0.2, 0) is 11.3 Å². The van der Waals surface area contributed by atoms with E-state index in [-0.39, 0.29) is 12.0 Å². The Kier molecular flexibility index (Phi) is 5.30. The lowest BCUT2D eigenvalue weighted by molar-refractivity contribution is 0.0975. The second-order valence-electron chi connectivity index (χ2n) is 8.87. The van der Waals surface area contributed by atoms with Gasteiger partial charge in [0.25, 0.3) is 0 Å². The molecule has 32 heavy (non-hydrogen) atoms. The normalized spacial score (nSPS) is 20.2. The van der Waals surface area contributed by atoms with E-state index in [1.165, 1.54) is 6.21 Å². The number of nitrogens with one attached hydrogen (secondary N) is 2. The quantitative estimate of drug-likeness (QED) is 0.528. The highest BCUT2D eigenvalue weighted by molar-refractivity contribution is 5.90. The number of benzene rings is 1. The van der Waals surface area contributed by atoms with E-state index in [0.717, 1.165) is 61.7 Å². The van der Waals surface area contributed by atoms with Crippen molar-refractivity contribution >= 4 is 28.9 Å². The Hall–Kier alpha value is -3.04. The summed E-state index contributed by atoms with van der Waals surface area (Å²) in [6.45, 7) is 4.56. The van der Waals surface area contributed by atoms with Gasteiger partial charge in [0.15, 0.2) is 11.5 Å². The van der Waals surface area contributed by atoms with Crippen molar-refractivity contribution in [2.75, 3.05) is 37.0 Å². The Morgan fingerprint density at radius 3 is 2.78 bits per heavy atom. The Balaban J connectivity index is 1.50. The van der Waals surface area contributed by atoms with E-state index in [4.69, 9.17) is 20.1 Å². The molecule has 2 saturated heterocycles. The lowest BCUT2D eigenvalue weighted by Gasteiger charge is -2.39. The fourth-order valence-electron chi connectivity index (χ4n) is 5.12. The Bertz CT molecular complexity index is 1150. The van der Waals surface area contributed by atoms with Gasteiger partial charge in [-0.15, -0.1) is 0 Å². The topological polar surface area (TPSA) is 112 Å². The van der Waals surface area contributed by atoms with Crippen molar-refractivity contribution in [1.29, 1.82) is 5.41 Å². The molecule has 9 heteroatoms. The summed E-state index contributed by atoms with van der Waals surface area (Å²) in [6.07, 6.45) is 6.59. The number of piperidine rings is 1. The highest BCUT2D eigenvalue weighted by Gasteiger charge is 2.41. The van der Waals surface area contributed by atoms with Gasteiger partial charge in [-0.3, -0.25) is 0 Å². The van der Waals surface area contributed by atoms with Crippen molar-refractivity contribution in [3.63, 3.8) is 0 Å². The highest BCUT2D eigenvalue weighted by atomic mass is 16.5. The van der Waals surface area contributed by atoms with Gasteiger partial charge in [-0.25, -0.2) is 14.6 Å². The van der Waals surface area contributed by atoms with E-state index in [9.17, 15) is 5.11 Å². The molecule has 4 heterocycles. The first-order chi connectivity index (χ1) is 15.6. The number of anilines is 2. The molecule has 0 radical (unpaired) electrons. The molecule has 2 aliphatic rings. The lowest BCUT2D eigenvalue weighted by Crippen LogP contribution is -2.41. The number of fused-ring (bicyclic) bond motifs is 1. The molecule has 5 rings (SSSR count). The largest absolute Gasteiger partial charge is 0.390 e. The van der Waals surface area contributed by atoms with E-state index in [0.29, 0.717) is 23.0 Å². The summed E-state index contributed by atoms with van der Waals surface area (Å²) in [5.41, 5.74) is 4.43. The number of hydrogen-bond donors (Lipinski definition) is 3. The number of aliphatic hydroxyl groups is 1. The van der Waals surface area contributed by atoms with Crippen LogP contribution in [0.3, 0.4) is 0 Å². The maximum absolute atomic E-state index is 10.1. The fraction of sp³-hybridized carbons (Fsp3) is 0.478. The molecule has 1 aromatic carbocycles. The minimum absolute atomic E-state index is 0.190. The van der Waals surface area contributed by atoms with Crippen LogP contribution < -0.4 is 10.2 Å². The first-order valence-corrected chi connectivity index (χ1v) is 11.1. The molecule has 1 spiro atoms. The number of hydrogen-bond acceptors (Lipinski definition) is 8. The number of para-hydroxylation sites is 1. The van der Waals surface area contributed by atoms with Crippen LogP contribution in [0.4, 0.5) is 11.5 Å². The van der Waals surface area contributed by atoms with Crippen LogP contribution in [0, 0.1) is 10.8 Å². The van der Waals surface area contributed by atoms with Gasteiger partial charge in [-0.1, -0.05) is 12.1 Å². The minimum Gasteiger partial charge on any atom is -0.390 e. The number of aliphatic hydroxyl groups excluding tert-OH is 1. The zero-order valence-corrected chi connectivity index (χ0v) is 18.5. The second kappa shape index (κ2) is 8.14. The summed E-state index contributed by atoms with van der Waals surface area (Å²) in [5.74, 6) is 0.739. The third kappa shape index (κ3) is 3.41. The summed E-state index contributed by atoms with van der Waals surface area (Å²) in [6, 6.07) is 5.68. The van der Waals surface area contributed by atoms with Crippen LogP contribution >= 0.6 is 0 Å². The summed E-state index contributed by atoms with van der Waals surface area (Å²) in [7, 11) is 1.82. The van der Waals surface area contributed by atoms with E-state index < -0.39 is 0 Å². The van der Waals surface area contributed by atoms with Gasteiger partial charge in [-0.05, 0) is 37.7 Å². The molecule has 168 valence electrons. The molecule has 0 saturated carbocycles. The average molecular weight is 436 g/mol. The molecule has 2 aromatic heterocycles. The van der Waals surface area contributed by atoms with Gasteiger partial charge in [0.2, 0.25) is 0 Å². The molecule has 9 nitrogen and oxygen atoms in total. The van der Waals surface area contributed by atoms with Gasteiger partial charge < -0.3 is 25.5 Å². The van der Waals surface area contributed by atoms with Crippen molar-refractivity contribution < 1.29 is 9.84 Å². The van der Waals surface area contributed by atoms with Crippen molar-refractivity contribution in [2.45, 2.75) is 38.9 Å². The zero-order chi connectivity index (χ0) is 22.3. The molecule has 2 fully saturated rings. The van der Waals surface area contributed by atoms with Crippen LogP contribution in [0.15, 0.2) is 24.4 Å². The standard InChI is InChI=1S/C23H29N7O2/c1-15-10-23(14-32-15)6-8-29(9-7-23)21-18(13-31)28-22-17(27-21)12-26-30(22)19-5-3-4-16(11-24)20(19)25-2/h3-5,11-12,15,24-25,31H,6-10,13-14H2,1-2H3/t15-/m0/s1. The number of nitrogens with zero attached hydrogens (tertiary/aromatic N) is 5. The number of ether oxygens (including phenoxy) is 1. The SMILES string of the molecule is CNc1c(C=N)cccc1-n1ncc2nc(N3CCC4(CC3)CO[C@@H](C)C4)c(CO)nc21. The van der Waals surface area contributed by atoms with Crippen molar-refractivity contribution in [1.82, 2.24) is 19.7 Å². The number of rotatable bonds is 5. The fourth-order valence-corrected chi connectivity index (χ4v) is 5.12. The second-order valence-corrected chi connectivity index (χ2v) is 8.87. The van der Waals surface area contributed by atoms with E-state index in [2.05, 4.69) is 22.2 Å². The van der Waals surface area contributed by atoms with Crippen LogP contribution in [0.2, 0.25) is 0 Å². The first kappa shape index (κ1) is 20.8. The molecule has 2 aliphatic heterocycles.